The second-order valence-electron chi connectivity index (χ2n) is 12.7. The van der Waals surface area contributed by atoms with E-state index in [0.29, 0.717) is 35.7 Å². The fourth-order valence-electron chi connectivity index (χ4n) is 8.43. The third-order valence-corrected chi connectivity index (χ3v) is 10.4. The van der Waals surface area contributed by atoms with Crippen molar-refractivity contribution >= 4 is 5.78 Å². The zero-order valence-corrected chi connectivity index (χ0v) is 21.8. The minimum atomic E-state index is -0.196. The summed E-state index contributed by atoms with van der Waals surface area (Å²) in [5.74, 6) is 3.15. The number of aliphatic hydroxyl groups is 1. The van der Waals surface area contributed by atoms with Gasteiger partial charge in [-0.3, -0.25) is 4.79 Å². The monoisotopic (exact) mass is 460 g/mol. The number of methoxy groups -OCH3 is 1. The molecule has 0 unspecified atom stereocenters. The normalized spacial score (nSPS) is 38.9. The Morgan fingerprint density at radius 1 is 1.24 bits per heavy atom. The molecule has 33 heavy (non-hydrogen) atoms. The molecular formula is C29H48O4. The van der Waals surface area contributed by atoms with E-state index in [2.05, 4.69) is 33.8 Å². The number of hydrogen-bond donors (Lipinski definition) is 1. The molecule has 0 heterocycles. The summed E-state index contributed by atoms with van der Waals surface area (Å²) in [5.41, 5.74) is 1.62. The van der Waals surface area contributed by atoms with Crippen LogP contribution < -0.4 is 0 Å². The van der Waals surface area contributed by atoms with Crippen LogP contribution in [0.3, 0.4) is 0 Å². The number of carbonyl (C=O) groups is 1. The molecule has 1 N–H and O–H groups in total. The van der Waals surface area contributed by atoms with Gasteiger partial charge in [-0.05, 0) is 94.3 Å². The Morgan fingerprint density at radius 2 is 2.03 bits per heavy atom. The molecule has 7 atom stereocenters. The highest BCUT2D eigenvalue weighted by molar-refractivity contribution is 5.91. The lowest BCUT2D eigenvalue weighted by Gasteiger charge is -2.45. The van der Waals surface area contributed by atoms with Crippen LogP contribution in [0.1, 0.15) is 98.3 Å². The van der Waals surface area contributed by atoms with Crippen molar-refractivity contribution in [3.8, 4) is 0 Å². The first-order valence-corrected chi connectivity index (χ1v) is 13.7. The second kappa shape index (κ2) is 9.74. The van der Waals surface area contributed by atoms with Gasteiger partial charge >= 0.3 is 0 Å². The molecule has 4 rings (SSSR count). The average molecular weight is 461 g/mol. The van der Waals surface area contributed by atoms with Gasteiger partial charge in [0.2, 0.25) is 0 Å². The molecule has 4 nitrogen and oxygen atoms in total. The predicted octanol–water partition coefficient (Wildman–Crippen LogP) is 6.31. The van der Waals surface area contributed by atoms with Crippen LogP contribution in [-0.2, 0) is 14.3 Å². The van der Waals surface area contributed by atoms with Crippen molar-refractivity contribution in [1.29, 1.82) is 0 Å². The van der Waals surface area contributed by atoms with Gasteiger partial charge in [-0.1, -0.05) is 38.3 Å². The SMILES string of the molecule is COCOC(C)(C)CCC[C@@H](C)[C@H]1CC[C@H]2C(=C[C@@H](CO)[C@]34C[C@H]3CCC4=O)CCC[C@]12C. The van der Waals surface area contributed by atoms with Gasteiger partial charge in [0.05, 0.1) is 12.2 Å². The number of aliphatic hydroxyl groups excluding tert-OH is 1. The Morgan fingerprint density at radius 3 is 2.67 bits per heavy atom. The Balaban J connectivity index is 1.40. The first kappa shape index (κ1) is 25.4. The molecule has 0 aromatic rings. The summed E-state index contributed by atoms with van der Waals surface area (Å²) >= 11 is 0. The van der Waals surface area contributed by atoms with Gasteiger partial charge in [-0.2, -0.15) is 0 Å². The van der Waals surface area contributed by atoms with E-state index in [0.717, 1.165) is 38.0 Å². The molecule has 4 aliphatic rings. The molecule has 4 heteroatoms. The van der Waals surface area contributed by atoms with E-state index in [9.17, 15) is 9.90 Å². The Labute approximate surface area is 201 Å². The van der Waals surface area contributed by atoms with Crippen molar-refractivity contribution in [2.24, 2.45) is 40.4 Å². The summed E-state index contributed by atoms with van der Waals surface area (Å²) in [6.45, 7) is 9.85. The highest BCUT2D eigenvalue weighted by Crippen LogP contribution is 2.67. The first-order chi connectivity index (χ1) is 15.7. The van der Waals surface area contributed by atoms with E-state index >= 15 is 0 Å². The topological polar surface area (TPSA) is 55.8 Å². The number of carbonyl (C=O) groups excluding carboxylic acids is 1. The van der Waals surface area contributed by atoms with E-state index in [-0.39, 0.29) is 23.5 Å². The molecular weight excluding hydrogens is 412 g/mol. The second-order valence-corrected chi connectivity index (χ2v) is 12.7. The third-order valence-electron chi connectivity index (χ3n) is 10.4. The summed E-state index contributed by atoms with van der Waals surface area (Å²) in [4.78, 5) is 12.7. The number of rotatable bonds is 11. The van der Waals surface area contributed by atoms with E-state index < -0.39 is 0 Å². The molecule has 4 fully saturated rings. The molecule has 0 radical (unpaired) electrons. The van der Waals surface area contributed by atoms with Crippen LogP contribution in [0, 0.1) is 40.4 Å². The largest absolute Gasteiger partial charge is 0.396 e. The van der Waals surface area contributed by atoms with Gasteiger partial charge in [-0.15, -0.1) is 0 Å². The standard InChI is InChI=1S/C29H48O4/c1-20(8-6-14-27(2,3)33-19-32-5)24-11-12-25-21(9-7-15-28(24,25)4)16-23(18-30)29-17-22(29)10-13-26(29)31/h16,20,22-25,30H,6-15,17-19H2,1-5H3/t20-,22-,23+,24-,25+,28-,29+/m1/s1. The lowest BCUT2D eigenvalue weighted by Crippen LogP contribution is -2.36. The minimum absolute atomic E-state index is 0.0562. The number of fused-ring (bicyclic) bond motifs is 2. The molecule has 0 amide bonds. The van der Waals surface area contributed by atoms with Gasteiger partial charge < -0.3 is 14.6 Å². The highest BCUT2D eigenvalue weighted by atomic mass is 16.7. The van der Waals surface area contributed by atoms with Gasteiger partial charge in [0.1, 0.15) is 12.6 Å². The maximum Gasteiger partial charge on any atom is 0.147 e. The Hall–Kier alpha value is -0.710. The molecule has 0 saturated heterocycles. The van der Waals surface area contributed by atoms with Crippen LogP contribution in [0.5, 0.6) is 0 Å². The Kier molecular flexibility index (Phi) is 7.49. The van der Waals surface area contributed by atoms with E-state index in [1.165, 1.54) is 38.5 Å². The van der Waals surface area contributed by atoms with Crippen LogP contribution in [-0.4, -0.2) is 37.0 Å². The van der Waals surface area contributed by atoms with Crippen LogP contribution in [0.15, 0.2) is 11.6 Å². The summed E-state index contributed by atoms with van der Waals surface area (Å²) in [7, 11) is 1.68. The van der Waals surface area contributed by atoms with E-state index in [4.69, 9.17) is 9.47 Å². The smallest absolute Gasteiger partial charge is 0.147 e. The quantitative estimate of drug-likeness (QED) is 0.290. The molecule has 188 valence electrons. The number of ketones is 1. The molecule has 0 aromatic carbocycles. The summed E-state index contributed by atoms with van der Waals surface area (Å²) in [6.07, 6.45) is 15.1. The summed E-state index contributed by atoms with van der Waals surface area (Å²) in [5, 5.41) is 10.3. The summed E-state index contributed by atoms with van der Waals surface area (Å²) in [6, 6.07) is 0. The maximum atomic E-state index is 12.7. The average Bonchev–Trinajstić information content (AvgIpc) is 3.27. The first-order valence-electron chi connectivity index (χ1n) is 13.7. The van der Waals surface area contributed by atoms with Crippen LogP contribution in [0.4, 0.5) is 0 Å². The number of allylic oxidation sites excluding steroid dienone is 1. The molecule has 0 spiro atoms. The Bertz CT molecular complexity index is 742. The van der Waals surface area contributed by atoms with Crippen LogP contribution in [0.25, 0.3) is 0 Å². The van der Waals surface area contributed by atoms with Crippen LogP contribution in [0.2, 0.25) is 0 Å². The molecule has 0 aromatic heterocycles. The maximum absolute atomic E-state index is 12.7. The van der Waals surface area contributed by atoms with E-state index in [1.54, 1.807) is 12.7 Å². The van der Waals surface area contributed by atoms with E-state index in [1.807, 2.05) is 0 Å². The van der Waals surface area contributed by atoms with Crippen molar-refractivity contribution in [3.63, 3.8) is 0 Å². The fourth-order valence-corrected chi connectivity index (χ4v) is 8.43. The molecule has 4 aliphatic carbocycles. The molecule has 0 bridgehead atoms. The molecule has 0 aliphatic heterocycles. The number of Topliss-reactive ketones (excluding diaryl/α,β-unsaturated/α-hetero) is 1. The van der Waals surface area contributed by atoms with Crippen molar-refractivity contribution in [1.82, 2.24) is 0 Å². The highest BCUT2D eigenvalue weighted by Gasteiger charge is 2.66. The lowest BCUT2D eigenvalue weighted by molar-refractivity contribution is -0.124. The van der Waals surface area contributed by atoms with Gasteiger partial charge in [0, 0.05) is 24.9 Å². The number of ether oxygens (including phenoxy) is 2. The van der Waals surface area contributed by atoms with Gasteiger partial charge in [0.15, 0.2) is 0 Å². The van der Waals surface area contributed by atoms with Crippen LogP contribution >= 0.6 is 0 Å². The van der Waals surface area contributed by atoms with Crippen molar-refractivity contribution in [3.05, 3.63) is 11.6 Å². The van der Waals surface area contributed by atoms with Gasteiger partial charge in [-0.25, -0.2) is 0 Å². The van der Waals surface area contributed by atoms with Crippen molar-refractivity contribution in [2.75, 3.05) is 20.5 Å². The molecule has 4 saturated carbocycles. The zero-order chi connectivity index (χ0) is 23.9. The number of hydrogen-bond acceptors (Lipinski definition) is 4. The minimum Gasteiger partial charge on any atom is -0.396 e. The van der Waals surface area contributed by atoms with Crippen molar-refractivity contribution < 1.29 is 19.4 Å². The van der Waals surface area contributed by atoms with Crippen molar-refractivity contribution in [2.45, 2.75) is 104 Å². The zero-order valence-electron chi connectivity index (χ0n) is 21.8. The fraction of sp³-hybridized carbons (Fsp3) is 0.897. The lowest BCUT2D eigenvalue weighted by atomic mass is 9.60. The van der Waals surface area contributed by atoms with Gasteiger partial charge in [0.25, 0.3) is 0 Å². The third kappa shape index (κ3) is 4.74. The summed E-state index contributed by atoms with van der Waals surface area (Å²) < 4.78 is 10.9. The predicted molar refractivity (Wildman–Crippen MR) is 132 cm³/mol.